The molecule has 0 spiro atoms. The first-order valence-electron chi connectivity index (χ1n) is 5.54. The Hall–Kier alpha value is -0.120. The molecule has 0 heterocycles. The van der Waals surface area contributed by atoms with Crippen molar-refractivity contribution in [3.63, 3.8) is 0 Å². The summed E-state index contributed by atoms with van der Waals surface area (Å²) in [6, 6.07) is 0.614. The third-order valence-electron chi connectivity index (χ3n) is 2.91. The van der Waals surface area contributed by atoms with Gasteiger partial charge in [0, 0.05) is 19.7 Å². The molecule has 2 atom stereocenters. The lowest BCUT2D eigenvalue weighted by atomic mass is 10.0. The van der Waals surface area contributed by atoms with E-state index in [1.807, 2.05) is 7.05 Å². The maximum absolute atomic E-state index is 5.11. The summed E-state index contributed by atoms with van der Waals surface area (Å²) in [6.45, 7) is 10.8. The van der Waals surface area contributed by atoms with Crippen LogP contribution in [0.4, 0.5) is 0 Å². The van der Waals surface area contributed by atoms with E-state index in [4.69, 9.17) is 4.74 Å². The van der Waals surface area contributed by atoms with Crippen molar-refractivity contribution in [2.75, 3.05) is 40.4 Å². The Kier molecular flexibility index (Phi) is 8.14. The zero-order valence-corrected chi connectivity index (χ0v) is 10.3. The molecule has 86 valence electrons. The van der Waals surface area contributed by atoms with Gasteiger partial charge in [-0.05, 0) is 33.0 Å². The second-order valence-corrected chi connectivity index (χ2v) is 3.90. The normalized spacial score (nSPS) is 15.9. The van der Waals surface area contributed by atoms with Gasteiger partial charge >= 0.3 is 0 Å². The van der Waals surface area contributed by atoms with E-state index >= 15 is 0 Å². The minimum absolute atomic E-state index is 0.614. The zero-order chi connectivity index (χ0) is 11.0. The van der Waals surface area contributed by atoms with Crippen LogP contribution in [0.3, 0.4) is 0 Å². The number of nitrogens with one attached hydrogen (secondary N) is 1. The number of nitrogens with zero attached hydrogens (tertiary/aromatic N) is 1. The Balaban J connectivity index is 3.94. The Morgan fingerprint density at radius 3 is 2.43 bits per heavy atom. The molecule has 0 radical (unpaired) electrons. The van der Waals surface area contributed by atoms with Crippen LogP contribution in [-0.2, 0) is 4.74 Å². The number of ether oxygens (including phenoxy) is 1. The molecule has 0 bridgehead atoms. The van der Waals surface area contributed by atoms with E-state index in [0.717, 1.165) is 26.2 Å². The van der Waals surface area contributed by atoms with Crippen LogP contribution >= 0.6 is 0 Å². The van der Waals surface area contributed by atoms with E-state index in [-0.39, 0.29) is 0 Å². The zero-order valence-electron chi connectivity index (χ0n) is 10.3. The Labute approximate surface area is 88.8 Å². The Morgan fingerprint density at radius 1 is 1.36 bits per heavy atom. The minimum Gasteiger partial charge on any atom is -0.383 e. The quantitative estimate of drug-likeness (QED) is 0.640. The summed E-state index contributed by atoms with van der Waals surface area (Å²) in [7, 11) is 3.77. The fourth-order valence-electron chi connectivity index (χ4n) is 1.71. The van der Waals surface area contributed by atoms with Crippen molar-refractivity contribution >= 4 is 0 Å². The highest BCUT2D eigenvalue weighted by Gasteiger charge is 2.17. The van der Waals surface area contributed by atoms with Crippen LogP contribution in [-0.4, -0.2) is 51.3 Å². The number of hydrogen-bond acceptors (Lipinski definition) is 3. The third-order valence-corrected chi connectivity index (χ3v) is 2.91. The number of methoxy groups -OCH3 is 1. The van der Waals surface area contributed by atoms with Crippen molar-refractivity contribution in [3.8, 4) is 0 Å². The van der Waals surface area contributed by atoms with Crippen LogP contribution in [0.1, 0.15) is 20.8 Å². The van der Waals surface area contributed by atoms with E-state index in [1.54, 1.807) is 7.11 Å². The molecule has 0 aromatic carbocycles. The van der Waals surface area contributed by atoms with E-state index in [9.17, 15) is 0 Å². The lowest BCUT2D eigenvalue weighted by Crippen LogP contribution is -2.42. The average Bonchev–Trinajstić information content (AvgIpc) is 2.19. The van der Waals surface area contributed by atoms with Crippen LogP contribution in [0.2, 0.25) is 0 Å². The molecule has 0 aromatic heterocycles. The van der Waals surface area contributed by atoms with E-state index in [1.165, 1.54) is 0 Å². The molecular formula is C11H26N2O. The fourth-order valence-corrected chi connectivity index (χ4v) is 1.71. The predicted molar refractivity (Wildman–Crippen MR) is 61.7 cm³/mol. The van der Waals surface area contributed by atoms with Crippen LogP contribution in [0.15, 0.2) is 0 Å². The van der Waals surface area contributed by atoms with Crippen molar-refractivity contribution in [3.05, 3.63) is 0 Å². The smallest absolute Gasteiger partial charge is 0.0589 e. The molecule has 3 nitrogen and oxygen atoms in total. The molecule has 3 heteroatoms. The van der Waals surface area contributed by atoms with Gasteiger partial charge in [-0.1, -0.05) is 13.8 Å². The van der Waals surface area contributed by atoms with Crippen LogP contribution in [0.25, 0.3) is 0 Å². The SMILES string of the molecule is CCN(CCOC)C(C)C(C)CNC. The standard InChI is InChI=1S/C11H26N2O/c1-6-13(7-8-14-5)11(3)10(2)9-12-4/h10-12H,6-9H2,1-5H3. The first-order valence-corrected chi connectivity index (χ1v) is 5.54. The van der Waals surface area contributed by atoms with Gasteiger partial charge in [0.05, 0.1) is 6.61 Å². The molecule has 1 N–H and O–H groups in total. The maximum Gasteiger partial charge on any atom is 0.0589 e. The minimum atomic E-state index is 0.614. The largest absolute Gasteiger partial charge is 0.383 e. The van der Waals surface area contributed by atoms with Gasteiger partial charge in [0.15, 0.2) is 0 Å². The van der Waals surface area contributed by atoms with Crippen LogP contribution in [0, 0.1) is 5.92 Å². The predicted octanol–water partition coefficient (Wildman–Crippen LogP) is 1.20. The van der Waals surface area contributed by atoms with Crippen LogP contribution < -0.4 is 5.32 Å². The van der Waals surface area contributed by atoms with E-state index in [2.05, 4.69) is 31.0 Å². The monoisotopic (exact) mass is 202 g/mol. The third kappa shape index (κ3) is 4.94. The summed E-state index contributed by atoms with van der Waals surface area (Å²) >= 11 is 0. The van der Waals surface area contributed by atoms with Crippen LogP contribution in [0.5, 0.6) is 0 Å². The summed E-state index contributed by atoms with van der Waals surface area (Å²) in [5, 5.41) is 3.23. The van der Waals surface area contributed by atoms with Crippen molar-refractivity contribution in [1.29, 1.82) is 0 Å². The topological polar surface area (TPSA) is 24.5 Å². The second-order valence-electron chi connectivity index (χ2n) is 3.90. The molecule has 0 aromatic rings. The highest BCUT2D eigenvalue weighted by Crippen LogP contribution is 2.09. The molecule has 0 rings (SSSR count). The Morgan fingerprint density at radius 2 is 2.00 bits per heavy atom. The lowest BCUT2D eigenvalue weighted by Gasteiger charge is -2.32. The first-order chi connectivity index (χ1) is 6.67. The number of rotatable bonds is 8. The number of likely N-dealkylation sites (N-methyl/N-ethyl adjacent to an activating group) is 1. The van der Waals surface area contributed by atoms with Gasteiger partial charge in [0.1, 0.15) is 0 Å². The molecule has 0 aliphatic rings. The van der Waals surface area contributed by atoms with Crippen molar-refractivity contribution in [1.82, 2.24) is 10.2 Å². The maximum atomic E-state index is 5.11. The second kappa shape index (κ2) is 8.21. The molecule has 0 amide bonds. The van der Waals surface area contributed by atoms with Crippen molar-refractivity contribution < 1.29 is 4.74 Å². The van der Waals surface area contributed by atoms with Gasteiger partial charge in [-0.2, -0.15) is 0 Å². The first kappa shape index (κ1) is 13.9. The highest BCUT2D eigenvalue weighted by atomic mass is 16.5. The number of hydrogen-bond donors (Lipinski definition) is 1. The van der Waals surface area contributed by atoms with Gasteiger partial charge in [-0.15, -0.1) is 0 Å². The molecule has 14 heavy (non-hydrogen) atoms. The Bertz CT molecular complexity index is 130. The summed E-state index contributed by atoms with van der Waals surface area (Å²) in [5.41, 5.74) is 0. The fraction of sp³-hybridized carbons (Fsp3) is 1.00. The van der Waals surface area contributed by atoms with Gasteiger partial charge in [0.25, 0.3) is 0 Å². The molecule has 0 aliphatic heterocycles. The lowest BCUT2D eigenvalue weighted by molar-refractivity contribution is 0.109. The molecule has 0 aliphatic carbocycles. The van der Waals surface area contributed by atoms with Gasteiger partial charge in [-0.3, -0.25) is 4.90 Å². The molecular weight excluding hydrogens is 176 g/mol. The molecule has 2 unspecified atom stereocenters. The molecule has 0 saturated carbocycles. The molecule has 0 fully saturated rings. The van der Waals surface area contributed by atoms with E-state index < -0.39 is 0 Å². The van der Waals surface area contributed by atoms with Crippen molar-refractivity contribution in [2.24, 2.45) is 5.92 Å². The summed E-state index contributed by atoms with van der Waals surface area (Å²) < 4.78 is 5.11. The summed E-state index contributed by atoms with van der Waals surface area (Å²) in [6.07, 6.45) is 0. The summed E-state index contributed by atoms with van der Waals surface area (Å²) in [4.78, 5) is 2.46. The average molecular weight is 202 g/mol. The van der Waals surface area contributed by atoms with Gasteiger partial charge < -0.3 is 10.1 Å². The van der Waals surface area contributed by atoms with Gasteiger partial charge in [-0.25, -0.2) is 0 Å². The van der Waals surface area contributed by atoms with Gasteiger partial charge in [0.2, 0.25) is 0 Å². The van der Waals surface area contributed by atoms with Crippen molar-refractivity contribution in [2.45, 2.75) is 26.8 Å². The highest BCUT2D eigenvalue weighted by molar-refractivity contribution is 4.73. The summed E-state index contributed by atoms with van der Waals surface area (Å²) in [5.74, 6) is 0.678. The van der Waals surface area contributed by atoms with E-state index in [0.29, 0.717) is 12.0 Å². The molecule has 0 saturated heterocycles.